The summed E-state index contributed by atoms with van der Waals surface area (Å²) < 4.78 is 5.10. The second-order valence-corrected chi connectivity index (χ2v) is 5.81. The molecule has 4 nitrogen and oxygen atoms in total. The summed E-state index contributed by atoms with van der Waals surface area (Å²) in [5, 5.41) is 2.77. The largest absolute Gasteiger partial charge is 0.497 e. The molecule has 0 aliphatic rings. The van der Waals surface area contributed by atoms with E-state index in [-0.39, 0.29) is 24.5 Å². The van der Waals surface area contributed by atoms with Crippen molar-refractivity contribution < 1.29 is 14.3 Å². The number of Topliss-reactive ketones (excluding diaryl/α,β-unsaturated/α-hetero) is 1. The number of hydrogen-bond donors (Lipinski definition) is 1. The van der Waals surface area contributed by atoms with Crippen LogP contribution in [0.2, 0.25) is 0 Å². The van der Waals surface area contributed by atoms with Crippen molar-refractivity contribution in [3.8, 4) is 5.75 Å². The van der Waals surface area contributed by atoms with Crippen molar-refractivity contribution in [2.45, 2.75) is 17.7 Å². The van der Waals surface area contributed by atoms with E-state index in [1.165, 1.54) is 0 Å². The summed E-state index contributed by atoms with van der Waals surface area (Å²) in [6.45, 7) is 0. The fourth-order valence-electron chi connectivity index (χ4n) is 2.07. The Labute approximate surface area is 140 Å². The second-order valence-electron chi connectivity index (χ2n) is 4.93. The fraction of sp³-hybridized carbons (Fsp3) is 0.222. The Hall–Kier alpha value is -2.27. The summed E-state index contributed by atoms with van der Waals surface area (Å²) in [7, 11) is 1.57. The van der Waals surface area contributed by atoms with Gasteiger partial charge in [0.2, 0.25) is 5.91 Å². The molecule has 0 heterocycles. The van der Waals surface area contributed by atoms with E-state index in [2.05, 4.69) is 5.32 Å². The van der Waals surface area contributed by atoms with E-state index < -0.39 is 0 Å². The first-order chi connectivity index (χ1) is 11.1. The van der Waals surface area contributed by atoms with Crippen molar-refractivity contribution in [2.24, 2.45) is 0 Å². The van der Waals surface area contributed by atoms with Crippen molar-refractivity contribution in [1.29, 1.82) is 0 Å². The molecule has 0 unspecified atom stereocenters. The van der Waals surface area contributed by atoms with Gasteiger partial charge in [-0.25, -0.2) is 0 Å². The topological polar surface area (TPSA) is 55.4 Å². The summed E-state index contributed by atoms with van der Waals surface area (Å²) in [5.41, 5.74) is 1.29. The van der Waals surface area contributed by atoms with Crippen molar-refractivity contribution in [1.82, 2.24) is 0 Å². The predicted octanol–water partition coefficient (Wildman–Crippen LogP) is 4.02. The monoisotopic (exact) mass is 329 g/mol. The zero-order chi connectivity index (χ0) is 16.7. The molecule has 0 fully saturated rings. The van der Waals surface area contributed by atoms with Gasteiger partial charge in [-0.05, 0) is 30.5 Å². The lowest BCUT2D eigenvalue weighted by molar-refractivity contribution is -0.116. The lowest BCUT2D eigenvalue weighted by Gasteiger charge is -2.07. The number of rotatable bonds is 7. The first-order valence-electron chi connectivity index (χ1n) is 7.23. The third kappa shape index (κ3) is 5.14. The minimum absolute atomic E-state index is 0.0292. The minimum atomic E-state index is -0.188. The Balaban J connectivity index is 1.86. The maximum absolute atomic E-state index is 12.1. The van der Waals surface area contributed by atoms with Crippen LogP contribution in [0, 0.1) is 0 Å². The van der Waals surface area contributed by atoms with Gasteiger partial charge in [-0.1, -0.05) is 18.2 Å². The standard InChI is InChI=1S/C18H19NO3S/c1-22-15-5-3-4-14(12-15)19-18(21)11-10-17(20)13-6-8-16(23-2)9-7-13/h3-9,12H,10-11H2,1-2H3,(H,19,21). The van der Waals surface area contributed by atoms with Crippen LogP contribution in [0.4, 0.5) is 5.69 Å². The number of benzene rings is 2. The summed E-state index contributed by atoms with van der Waals surface area (Å²) in [6, 6.07) is 14.5. The molecule has 0 saturated heterocycles. The highest BCUT2D eigenvalue weighted by molar-refractivity contribution is 7.98. The molecule has 0 aliphatic heterocycles. The molecule has 0 spiro atoms. The Morgan fingerprint density at radius 3 is 2.48 bits per heavy atom. The molecule has 2 rings (SSSR count). The second kappa shape index (κ2) is 8.39. The number of anilines is 1. The predicted molar refractivity (Wildman–Crippen MR) is 93.4 cm³/mol. The zero-order valence-corrected chi connectivity index (χ0v) is 14.0. The van der Waals surface area contributed by atoms with E-state index in [9.17, 15) is 9.59 Å². The van der Waals surface area contributed by atoms with Gasteiger partial charge in [0.05, 0.1) is 7.11 Å². The number of ether oxygens (including phenoxy) is 1. The normalized spacial score (nSPS) is 10.2. The first kappa shape index (κ1) is 17.1. The van der Waals surface area contributed by atoms with Gasteiger partial charge in [0.1, 0.15) is 5.75 Å². The van der Waals surface area contributed by atoms with Gasteiger partial charge in [-0.3, -0.25) is 9.59 Å². The van der Waals surface area contributed by atoms with E-state index in [0.717, 1.165) is 4.90 Å². The molecule has 5 heteroatoms. The minimum Gasteiger partial charge on any atom is -0.497 e. The van der Waals surface area contributed by atoms with Crippen LogP contribution < -0.4 is 10.1 Å². The summed E-state index contributed by atoms with van der Waals surface area (Å²) in [4.78, 5) is 25.1. The summed E-state index contributed by atoms with van der Waals surface area (Å²) in [5.74, 6) is 0.457. The number of amides is 1. The van der Waals surface area contributed by atoms with E-state index >= 15 is 0 Å². The van der Waals surface area contributed by atoms with Gasteiger partial charge >= 0.3 is 0 Å². The zero-order valence-electron chi connectivity index (χ0n) is 13.2. The highest BCUT2D eigenvalue weighted by atomic mass is 32.2. The maximum atomic E-state index is 12.1. The molecule has 23 heavy (non-hydrogen) atoms. The molecule has 120 valence electrons. The number of methoxy groups -OCH3 is 1. The van der Waals surface area contributed by atoms with Crippen molar-refractivity contribution >= 4 is 29.1 Å². The molecule has 0 saturated carbocycles. The molecule has 2 aromatic rings. The number of carbonyl (C=O) groups is 2. The average Bonchev–Trinajstić information content (AvgIpc) is 2.60. The highest BCUT2D eigenvalue weighted by Crippen LogP contribution is 2.18. The van der Waals surface area contributed by atoms with Crippen LogP contribution in [0.1, 0.15) is 23.2 Å². The van der Waals surface area contributed by atoms with Crippen LogP contribution in [-0.2, 0) is 4.79 Å². The molecule has 0 radical (unpaired) electrons. The lowest BCUT2D eigenvalue weighted by Crippen LogP contribution is -2.13. The molecular formula is C18H19NO3S. The summed E-state index contributed by atoms with van der Waals surface area (Å²) >= 11 is 1.63. The van der Waals surface area contributed by atoms with E-state index in [1.807, 2.05) is 18.4 Å². The van der Waals surface area contributed by atoms with Crippen LogP contribution >= 0.6 is 11.8 Å². The smallest absolute Gasteiger partial charge is 0.224 e. The van der Waals surface area contributed by atoms with E-state index in [0.29, 0.717) is 17.0 Å². The average molecular weight is 329 g/mol. The molecular weight excluding hydrogens is 310 g/mol. The van der Waals surface area contributed by atoms with Gasteiger partial charge < -0.3 is 10.1 Å². The quantitative estimate of drug-likeness (QED) is 0.616. The number of ketones is 1. The molecule has 0 aromatic heterocycles. The number of hydrogen-bond acceptors (Lipinski definition) is 4. The Bertz CT molecular complexity index is 683. The van der Waals surface area contributed by atoms with Crippen LogP contribution in [0.3, 0.4) is 0 Å². The Kier molecular flexibility index (Phi) is 6.23. The van der Waals surface area contributed by atoms with E-state index in [4.69, 9.17) is 4.74 Å². The lowest BCUT2D eigenvalue weighted by atomic mass is 10.1. The molecule has 2 aromatic carbocycles. The van der Waals surface area contributed by atoms with Gasteiger partial charge in [-0.2, -0.15) is 0 Å². The van der Waals surface area contributed by atoms with Gasteiger partial charge in [-0.15, -0.1) is 11.8 Å². The number of carbonyl (C=O) groups excluding carboxylic acids is 2. The van der Waals surface area contributed by atoms with E-state index in [1.54, 1.807) is 55.3 Å². The van der Waals surface area contributed by atoms with Gasteiger partial charge in [0.15, 0.2) is 5.78 Å². The van der Waals surface area contributed by atoms with Crippen molar-refractivity contribution in [3.63, 3.8) is 0 Å². The van der Waals surface area contributed by atoms with Gasteiger partial charge in [0.25, 0.3) is 0 Å². The third-order valence-electron chi connectivity index (χ3n) is 3.34. The molecule has 1 amide bonds. The van der Waals surface area contributed by atoms with Crippen molar-refractivity contribution in [2.75, 3.05) is 18.7 Å². The maximum Gasteiger partial charge on any atom is 0.224 e. The van der Waals surface area contributed by atoms with Crippen molar-refractivity contribution in [3.05, 3.63) is 54.1 Å². The Morgan fingerprint density at radius 1 is 1.09 bits per heavy atom. The fourth-order valence-corrected chi connectivity index (χ4v) is 2.48. The number of nitrogens with one attached hydrogen (secondary N) is 1. The molecule has 0 aliphatic carbocycles. The summed E-state index contributed by atoms with van der Waals surface area (Å²) in [6.07, 6.45) is 2.33. The SMILES string of the molecule is COc1cccc(NC(=O)CCC(=O)c2ccc(SC)cc2)c1. The van der Waals surface area contributed by atoms with Crippen LogP contribution in [0.5, 0.6) is 5.75 Å². The molecule has 0 bridgehead atoms. The van der Waals surface area contributed by atoms with Gasteiger partial charge in [0, 0.05) is 35.1 Å². The Morgan fingerprint density at radius 2 is 1.83 bits per heavy atom. The van der Waals surface area contributed by atoms with Crippen LogP contribution in [0.25, 0.3) is 0 Å². The van der Waals surface area contributed by atoms with Crippen LogP contribution in [-0.4, -0.2) is 25.1 Å². The molecule has 0 atom stereocenters. The third-order valence-corrected chi connectivity index (χ3v) is 4.09. The highest BCUT2D eigenvalue weighted by Gasteiger charge is 2.10. The first-order valence-corrected chi connectivity index (χ1v) is 8.46. The molecule has 1 N–H and O–H groups in total. The van der Waals surface area contributed by atoms with Crippen LogP contribution in [0.15, 0.2) is 53.4 Å². The number of thioether (sulfide) groups is 1.